The van der Waals surface area contributed by atoms with Gasteiger partial charge in [0, 0.05) is 82.3 Å². The number of aromatic hydroxyl groups is 1. The number of likely N-dealkylation sites (tertiary alicyclic amines) is 2. The van der Waals surface area contributed by atoms with Crippen molar-refractivity contribution in [3.05, 3.63) is 101 Å². The van der Waals surface area contributed by atoms with E-state index in [1.165, 1.54) is 6.42 Å². The van der Waals surface area contributed by atoms with Crippen LogP contribution in [0.2, 0.25) is 0 Å². The molecule has 398 valence electrons. The highest BCUT2D eigenvalue weighted by atomic mass is 32.1. The SMILES string of the molecule is CCC.CCc1cccc2cc(O)cc(-c3ncc4c(N5CC6CCC(C5)N6)nc(OCCN5CC6CN(c7cc(CC(=O)N8CCCC8C(=O)NC(C)c8ccc(-c9scnc9C)cc8)on7)CC6C5)nc4c3F)c12. The van der Waals surface area contributed by atoms with Gasteiger partial charge in [-0.1, -0.05) is 74.8 Å². The van der Waals surface area contributed by atoms with Crippen LogP contribution in [0.25, 0.3) is 43.4 Å². The number of pyridine rings is 1. The number of piperazine rings is 1. The van der Waals surface area contributed by atoms with Gasteiger partial charge in [-0.2, -0.15) is 9.97 Å². The zero-order chi connectivity index (χ0) is 52.6. The number of amides is 2. The molecule has 5 saturated heterocycles. The summed E-state index contributed by atoms with van der Waals surface area (Å²) in [5, 5.41) is 24.2. The van der Waals surface area contributed by atoms with Crippen LogP contribution in [-0.2, 0) is 22.4 Å². The first-order valence-corrected chi connectivity index (χ1v) is 28.1. The first-order valence-electron chi connectivity index (χ1n) is 27.2. The number of halogens is 1. The smallest absolute Gasteiger partial charge is 0.319 e. The van der Waals surface area contributed by atoms with Gasteiger partial charge in [0.05, 0.1) is 33.9 Å². The fourth-order valence-electron chi connectivity index (χ4n) is 12.2. The lowest BCUT2D eigenvalue weighted by Crippen LogP contribution is -2.51. The highest BCUT2D eigenvalue weighted by Gasteiger charge is 2.41. The molecular weight excluding hydrogens is 982 g/mol. The van der Waals surface area contributed by atoms with Crippen LogP contribution in [0.1, 0.15) is 88.4 Å². The summed E-state index contributed by atoms with van der Waals surface area (Å²) in [5.41, 5.74) is 6.78. The van der Waals surface area contributed by atoms with Crippen LogP contribution in [0.4, 0.5) is 16.0 Å². The largest absolute Gasteiger partial charge is 0.508 e. The standard InChI is InChI=1S/C55H60FN11O5S.C3H8/c1-4-33-7-5-8-36-19-41(68)20-43(48(33)36)50-49(56)51-44(23-57-50)53(66-28-39-14-15-40(29-66)60-39)62-55(61-51)71-18-17-64-24-37-26-65(27-38(37)25-64)46-21-42(72-63-46)22-47(69)67-16-6-9-45(67)54(70)59-31(2)34-10-12-35(13-11-34)52-32(3)58-30-73-52;1-3-2/h5,7-8,10-13,19-21,23,30-31,37-40,45,60,68H,4,6,9,14-18,22,24-29H2,1-3H3,(H,59,70);3H2,1-2H3. The topological polar surface area (TPSA) is 178 Å². The molecule has 4 aromatic heterocycles. The van der Waals surface area contributed by atoms with E-state index in [2.05, 4.69) is 68.4 Å². The Labute approximate surface area is 447 Å². The van der Waals surface area contributed by atoms with Crippen LogP contribution >= 0.6 is 11.3 Å². The van der Waals surface area contributed by atoms with Crippen LogP contribution in [0.3, 0.4) is 0 Å². The minimum atomic E-state index is -0.573. The van der Waals surface area contributed by atoms with E-state index in [4.69, 9.17) is 24.2 Å². The third-order valence-corrected chi connectivity index (χ3v) is 16.9. The maximum absolute atomic E-state index is 17.1. The van der Waals surface area contributed by atoms with Gasteiger partial charge < -0.3 is 39.7 Å². The fourth-order valence-corrected chi connectivity index (χ4v) is 13.0. The Hall–Kier alpha value is -6.76. The van der Waals surface area contributed by atoms with Crippen molar-refractivity contribution in [1.29, 1.82) is 0 Å². The number of aromatic nitrogens is 5. The van der Waals surface area contributed by atoms with Crippen molar-refractivity contribution in [2.75, 3.05) is 68.8 Å². The van der Waals surface area contributed by atoms with Gasteiger partial charge in [0.2, 0.25) is 11.8 Å². The summed E-state index contributed by atoms with van der Waals surface area (Å²) in [6, 6.07) is 19.3. The van der Waals surface area contributed by atoms with Gasteiger partial charge in [-0.3, -0.25) is 19.5 Å². The number of ether oxygens (including phenoxy) is 1. The number of fused-ring (bicyclic) bond motifs is 5. The molecule has 3 aromatic carbocycles. The first kappa shape index (κ1) is 51.4. The van der Waals surface area contributed by atoms with Gasteiger partial charge in [-0.25, -0.2) is 9.37 Å². The molecule has 0 saturated carbocycles. The second-order valence-corrected chi connectivity index (χ2v) is 22.2. The van der Waals surface area contributed by atoms with Crippen LogP contribution in [0, 0.1) is 24.6 Å². The normalized spacial score (nSPS) is 21.6. The number of phenolic OH excluding ortho intramolecular Hbond substituents is 1. The van der Waals surface area contributed by atoms with Crippen LogP contribution in [-0.4, -0.2) is 129 Å². The van der Waals surface area contributed by atoms with Gasteiger partial charge in [-0.05, 0) is 97.4 Å². The summed E-state index contributed by atoms with van der Waals surface area (Å²) in [5.74, 6) is 1.85. The highest BCUT2D eigenvalue weighted by molar-refractivity contribution is 7.13. The number of rotatable bonds is 14. The van der Waals surface area contributed by atoms with Gasteiger partial charge in [0.25, 0.3) is 0 Å². The first-order chi connectivity index (χ1) is 36.9. The molecule has 2 amide bonds. The minimum Gasteiger partial charge on any atom is -0.508 e. The van der Waals surface area contributed by atoms with Gasteiger partial charge in [0.1, 0.15) is 41.2 Å². The van der Waals surface area contributed by atoms with Crippen molar-refractivity contribution in [2.24, 2.45) is 11.8 Å². The Morgan fingerprint density at radius 1 is 0.947 bits per heavy atom. The summed E-state index contributed by atoms with van der Waals surface area (Å²) in [7, 11) is 0. The molecule has 16 nitrogen and oxygen atoms in total. The lowest BCUT2D eigenvalue weighted by atomic mass is 9.95. The van der Waals surface area contributed by atoms with E-state index in [0.717, 1.165) is 109 Å². The van der Waals surface area contributed by atoms with Crippen molar-refractivity contribution in [2.45, 2.75) is 104 Å². The lowest BCUT2D eigenvalue weighted by Gasteiger charge is -2.34. The molecule has 5 aliphatic heterocycles. The molecule has 6 atom stereocenters. The van der Waals surface area contributed by atoms with Crippen molar-refractivity contribution >= 4 is 56.5 Å². The van der Waals surface area contributed by atoms with Crippen LogP contribution in [0.5, 0.6) is 11.8 Å². The number of carbonyl (C=O) groups excluding carboxylic acids is 2. The molecule has 18 heteroatoms. The molecule has 12 rings (SSSR count). The molecule has 7 aromatic rings. The molecular formula is C58H68FN11O5S. The van der Waals surface area contributed by atoms with Crippen molar-refractivity contribution in [1.82, 2.24) is 45.5 Å². The summed E-state index contributed by atoms with van der Waals surface area (Å²) in [6.45, 7) is 16.7. The second-order valence-electron chi connectivity index (χ2n) is 21.4. The number of nitrogens with zero attached hydrogens (tertiary/aromatic N) is 9. The Morgan fingerprint density at radius 2 is 1.71 bits per heavy atom. The van der Waals surface area contributed by atoms with Crippen molar-refractivity contribution in [3.63, 3.8) is 0 Å². The van der Waals surface area contributed by atoms with Crippen molar-refractivity contribution in [3.8, 4) is 33.5 Å². The lowest BCUT2D eigenvalue weighted by molar-refractivity contribution is -0.138. The van der Waals surface area contributed by atoms with Gasteiger partial charge in [0.15, 0.2) is 11.6 Å². The van der Waals surface area contributed by atoms with E-state index in [9.17, 15) is 14.7 Å². The molecule has 76 heavy (non-hydrogen) atoms. The maximum Gasteiger partial charge on any atom is 0.319 e. The predicted molar refractivity (Wildman–Crippen MR) is 294 cm³/mol. The summed E-state index contributed by atoms with van der Waals surface area (Å²) in [4.78, 5) is 55.7. The Morgan fingerprint density at radius 3 is 2.43 bits per heavy atom. The highest BCUT2D eigenvalue weighted by Crippen LogP contribution is 2.40. The Bertz CT molecular complexity index is 3220. The predicted octanol–water partition coefficient (Wildman–Crippen LogP) is 8.89. The minimum absolute atomic E-state index is 0.0389. The number of thiazole rings is 1. The summed E-state index contributed by atoms with van der Waals surface area (Å²) in [6.07, 6.45) is 7.24. The summed E-state index contributed by atoms with van der Waals surface area (Å²) >= 11 is 1.61. The number of nitrogens with one attached hydrogen (secondary N) is 2. The number of carbonyl (C=O) groups is 2. The van der Waals surface area contributed by atoms with Crippen LogP contribution < -0.4 is 25.2 Å². The molecule has 2 bridgehead atoms. The zero-order valence-electron chi connectivity index (χ0n) is 44.1. The van der Waals surface area contributed by atoms with E-state index in [0.29, 0.717) is 72.6 Å². The van der Waals surface area contributed by atoms with E-state index in [1.807, 2.05) is 55.8 Å². The molecule has 3 N–H and O–H groups in total. The average molecular weight is 1050 g/mol. The van der Waals surface area contributed by atoms with Crippen LogP contribution in [0.15, 0.2) is 76.9 Å². The number of anilines is 2. The molecule has 9 heterocycles. The Kier molecular flexibility index (Phi) is 14.9. The van der Waals surface area contributed by atoms with Crippen molar-refractivity contribution < 1.29 is 28.3 Å². The monoisotopic (exact) mass is 1050 g/mol. The quantitative estimate of drug-likeness (QED) is 0.0941. The number of aryl methyl sites for hydroxylation is 2. The van der Waals surface area contributed by atoms with Gasteiger partial charge in [-0.15, -0.1) is 11.3 Å². The molecule has 0 aliphatic carbocycles. The summed E-state index contributed by atoms with van der Waals surface area (Å²) < 4.78 is 29.2. The number of benzene rings is 3. The molecule has 5 fully saturated rings. The molecule has 6 unspecified atom stereocenters. The number of hydrogen-bond acceptors (Lipinski definition) is 15. The molecule has 5 aliphatic rings. The third kappa shape index (κ3) is 10.4. The van der Waals surface area contributed by atoms with E-state index < -0.39 is 11.9 Å². The average Bonchev–Trinajstić information content (AvgIpc) is 4.34. The van der Waals surface area contributed by atoms with E-state index in [1.54, 1.807) is 34.6 Å². The zero-order valence-corrected chi connectivity index (χ0v) is 44.9. The van der Waals surface area contributed by atoms with Gasteiger partial charge >= 0.3 is 6.01 Å². The molecule has 0 spiro atoms. The number of hydrogen-bond donors (Lipinski definition) is 3. The number of phenols is 1. The molecule has 0 radical (unpaired) electrons. The maximum atomic E-state index is 17.1. The Balaban J connectivity index is 0.00000201. The fraction of sp³-hybridized carbons (Fsp3) is 0.466. The van der Waals surface area contributed by atoms with E-state index >= 15 is 4.39 Å². The van der Waals surface area contributed by atoms with E-state index in [-0.39, 0.29) is 47.2 Å². The second kappa shape index (κ2) is 22.1. The third-order valence-electron chi connectivity index (χ3n) is 15.9.